The van der Waals surface area contributed by atoms with E-state index in [2.05, 4.69) is 13.8 Å². The van der Waals surface area contributed by atoms with Crippen molar-refractivity contribution in [1.29, 1.82) is 0 Å². The van der Waals surface area contributed by atoms with Gasteiger partial charge < -0.3 is 4.74 Å². The summed E-state index contributed by atoms with van der Waals surface area (Å²) >= 11 is 0. The number of ether oxygens (including phenoxy) is 1. The Morgan fingerprint density at radius 3 is 2.67 bits per heavy atom. The Morgan fingerprint density at radius 2 is 2.11 bits per heavy atom. The van der Waals surface area contributed by atoms with Crippen molar-refractivity contribution in [1.82, 2.24) is 0 Å². The van der Waals surface area contributed by atoms with Crippen LogP contribution in [-0.2, 0) is 4.74 Å². The minimum atomic E-state index is 0.167. The number of rotatable bonds is 6. The Balaban J connectivity index is 2.60. The maximum atomic E-state index is 5.24. The summed E-state index contributed by atoms with van der Waals surface area (Å²) in [7, 11) is 0.167. The molecule has 0 aliphatic rings. The van der Waals surface area contributed by atoms with Crippen molar-refractivity contribution in [2.45, 2.75) is 32.7 Å². The van der Waals surface area contributed by atoms with Crippen LogP contribution in [0.4, 0.5) is 0 Å². The zero-order valence-electron chi connectivity index (χ0n) is 6.65. The summed E-state index contributed by atoms with van der Waals surface area (Å²) in [5, 5.41) is 0. The molecule has 0 radical (unpaired) electrons. The van der Waals surface area contributed by atoms with E-state index in [4.69, 9.17) is 4.74 Å². The van der Waals surface area contributed by atoms with E-state index in [9.17, 15) is 0 Å². The first-order chi connectivity index (χ1) is 4.41. The molecule has 0 aromatic carbocycles. The molecule has 0 spiro atoms. The van der Waals surface area contributed by atoms with E-state index in [1.165, 1.54) is 18.9 Å². The van der Waals surface area contributed by atoms with E-state index in [0.29, 0.717) is 0 Å². The quantitative estimate of drug-likeness (QED) is 0.406. The Labute approximate surface area is 60.6 Å². The van der Waals surface area contributed by atoms with Gasteiger partial charge in [0.15, 0.2) is 0 Å². The van der Waals surface area contributed by atoms with Crippen molar-refractivity contribution in [2.75, 3.05) is 12.8 Å². The molecule has 0 amide bonds. The van der Waals surface area contributed by atoms with Gasteiger partial charge in [0.25, 0.3) is 0 Å². The van der Waals surface area contributed by atoms with E-state index in [-0.39, 0.29) is 9.52 Å². The van der Waals surface area contributed by atoms with Gasteiger partial charge in [-0.25, -0.2) is 0 Å². The Bertz CT molecular complexity index is 42.2. The van der Waals surface area contributed by atoms with Gasteiger partial charge in [0, 0.05) is 12.8 Å². The normalized spacial score (nSPS) is 11.3. The highest BCUT2D eigenvalue weighted by Crippen LogP contribution is 1.92. The fraction of sp³-hybridized carbons (Fsp3) is 1.00. The molecule has 0 aliphatic heterocycles. The van der Waals surface area contributed by atoms with E-state index < -0.39 is 0 Å². The topological polar surface area (TPSA) is 9.23 Å². The molecule has 0 rings (SSSR count). The summed E-state index contributed by atoms with van der Waals surface area (Å²) in [4.78, 5) is 0. The predicted octanol–water partition coefficient (Wildman–Crippen LogP) is 1.37. The average Bonchev–Trinajstić information content (AvgIpc) is 1.89. The van der Waals surface area contributed by atoms with Gasteiger partial charge in [-0.2, -0.15) is 0 Å². The van der Waals surface area contributed by atoms with Crippen LogP contribution < -0.4 is 0 Å². The summed E-state index contributed by atoms with van der Waals surface area (Å²) < 4.78 is 5.24. The SMILES string of the molecule is CCCC[SiH2]COCC. The molecule has 0 fully saturated rings. The fourth-order valence-corrected chi connectivity index (χ4v) is 2.33. The standard InChI is InChI=1S/C7H18OSi/c1-3-5-6-9-7-8-4-2/h3-7,9H2,1-2H3. The van der Waals surface area contributed by atoms with E-state index in [1.807, 2.05) is 0 Å². The van der Waals surface area contributed by atoms with E-state index in [1.54, 1.807) is 0 Å². The lowest BCUT2D eigenvalue weighted by Gasteiger charge is -1.97. The maximum absolute atomic E-state index is 5.24. The second-order valence-corrected chi connectivity index (χ2v) is 4.08. The van der Waals surface area contributed by atoms with Crippen LogP contribution in [0, 0.1) is 0 Å². The first-order valence-electron chi connectivity index (χ1n) is 3.99. The van der Waals surface area contributed by atoms with Crippen LogP contribution in [0.15, 0.2) is 0 Å². The Hall–Kier alpha value is 0.177. The third-order valence-corrected chi connectivity index (χ3v) is 2.92. The van der Waals surface area contributed by atoms with Gasteiger partial charge in [-0.05, 0) is 6.92 Å². The van der Waals surface area contributed by atoms with Crippen LogP contribution in [0.1, 0.15) is 26.7 Å². The zero-order valence-corrected chi connectivity index (χ0v) is 8.07. The van der Waals surface area contributed by atoms with Gasteiger partial charge in [-0.1, -0.05) is 25.8 Å². The van der Waals surface area contributed by atoms with Crippen LogP contribution in [0.3, 0.4) is 0 Å². The Kier molecular flexibility index (Phi) is 8.34. The molecule has 0 heterocycles. The molecule has 2 heteroatoms. The van der Waals surface area contributed by atoms with Crippen LogP contribution >= 0.6 is 0 Å². The minimum absolute atomic E-state index is 0.167. The van der Waals surface area contributed by atoms with E-state index in [0.717, 1.165) is 12.8 Å². The Morgan fingerprint density at radius 1 is 1.33 bits per heavy atom. The highest BCUT2D eigenvalue weighted by molar-refractivity contribution is 6.35. The number of hydrogen-bond acceptors (Lipinski definition) is 1. The molecule has 0 saturated heterocycles. The second kappa shape index (κ2) is 8.18. The molecular formula is C7H18OSi. The monoisotopic (exact) mass is 146 g/mol. The van der Waals surface area contributed by atoms with Gasteiger partial charge in [-0.3, -0.25) is 0 Å². The van der Waals surface area contributed by atoms with Gasteiger partial charge in [0.1, 0.15) is 0 Å². The number of hydrogen-bond donors (Lipinski definition) is 0. The van der Waals surface area contributed by atoms with Crippen LogP contribution in [0.5, 0.6) is 0 Å². The van der Waals surface area contributed by atoms with Crippen molar-refractivity contribution >= 4 is 9.52 Å². The van der Waals surface area contributed by atoms with Gasteiger partial charge >= 0.3 is 0 Å². The van der Waals surface area contributed by atoms with Crippen molar-refractivity contribution in [3.05, 3.63) is 0 Å². The fourth-order valence-electron chi connectivity index (χ4n) is 0.775. The van der Waals surface area contributed by atoms with Crippen LogP contribution in [0.2, 0.25) is 6.04 Å². The summed E-state index contributed by atoms with van der Waals surface area (Å²) in [6.07, 6.45) is 3.86. The second-order valence-electron chi connectivity index (χ2n) is 2.26. The largest absolute Gasteiger partial charge is 0.386 e. The van der Waals surface area contributed by atoms with Crippen LogP contribution in [-0.4, -0.2) is 22.4 Å². The molecule has 0 aromatic heterocycles. The zero-order chi connectivity index (χ0) is 6.95. The molecular weight excluding hydrogens is 128 g/mol. The summed E-state index contributed by atoms with van der Waals surface area (Å²) in [5.41, 5.74) is 0. The van der Waals surface area contributed by atoms with Crippen molar-refractivity contribution in [3.8, 4) is 0 Å². The maximum Gasteiger partial charge on any atom is 0.0516 e. The minimum Gasteiger partial charge on any atom is -0.386 e. The molecule has 0 atom stereocenters. The molecule has 0 N–H and O–H groups in total. The highest BCUT2D eigenvalue weighted by Gasteiger charge is 1.86. The first kappa shape index (κ1) is 9.18. The van der Waals surface area contributed by atoms with Gasteiger partial charge in [0.2, 0.25) is 0 Å². The molecule has 1 nitrogen and oxygen atoms in total. The molecule has 0 saturated carbocycles. The van der Waals surface area contributed by atoms with Crippen molar-refractivity contribution in [3.63, 3.8) is 0 Å². The summed E-state index contributed by atoms with van der Waals surface area (Å²) in [6, 6.07) is 1.47. The molecule has 0 aliphatic carbocycles. The van der Waals surface area contributed by atoms with Crippen molar-refractivity contribution < 1.29 is 4.74 Å². The first-order valence-corrected chi connectivity index (χ1v) is 5.99. The molecule has 56 valence electrons. The third-order valence-electron chi connectivity index (χ3n) is 1.35. The van der Waals surface area contributed by atoms with Crippen molar-refractivity contribution in [2.24, 2.45) is 0 Å². The predicted molar refractivity (Wildman–Crippen MR) is 44.8 cm³/mol. The molecule has 0 bridgehead atoms. The third kappa shape index (κ3) is 8.18. The lowest BCUT2D eigenvalue weighted by Crippen LogP contribution is -2.02. The van der Waals surface area contributed by atoms with Gasteiger partial charge in [-0.15, -0.1) is 0 Å². The lowest BCUT2D eigenvalue weighted by atomic mass is 10.4. The van der Waals surface area contributed by atoms with Gasteiger partial charge in [0.05, 0.1) is 9.52 Å². The highest BCUT2D eigenvalue weighted by atomic mass is 28.2. The average molecular weight is 146 g/mol. The molecule has 0 aromatic rings. The van der Waals surface area contributed by atoms with E-state index >= 15 is 0 Å². The molecule has 0 unspecified atom stereocenters. The number of unbranched alkanes of at least 4 members (excludes halogenated alkanes) is 1. The summed E-state index contributed by atoms with van der Waals surface area (Å²) in [6.45, 7) is 5.21. The van der Waals surface area contributed by atoms with Crippen LogP contribution in [0.25, 0.3) is 0 Å². The smallest absolute Gasteiger partial charge is 0.0516 e. The molecule has 9 heavy (non-hydrogen) atoms. The lowest BCUT2D eigenvalue weighted by molar-refractivity contribution is 0.192. The summed E-state index contributed by atoms with van der Waals surface area (Å²) in [5.74, 6) is 0.